The molecule has 0 radical (unpaired) electrons. The van der Waals surface area contributed by atoms with Crippen LogP contribution in [0.2, 0.25) is 0 Å². The molecule has 1 aliphatic heterocycles. The second-order valence-corrected chi connectivity index (χ2v) is 5.77. The molecule has 0 fully saturated rings. The van der Waals surface area contributed by atoms with Crippen LogP contribution in [0.25, 0.3) is 11.4 Å². The second-order valence-electron chi connectivity index (χ2n) is 5.77. The largest absolute Gasteiger partial charge is 0.365 e. The van der Waals surface area contributed by atoms with Crippen LogP contribution < -0.4 is 5.32 Å². The van der Waals surface area contributed by atoms with E-state index in [2.05, 4.69) is 25.4 Å². The maximum Gasteiger partial charge on any atom is 0.161 e. The average Bonchev–Trinajstić information content (AvgIpc) is 2.95. The minimum Gasteiger partial charge on any atom is -0.365 e. The Morgan fingerprint density at radius 2 is 2.00 bits per heavy atom. The summed E-state index contributed by atoms with van der Waals surface area (Å²) < 4.78 is 2.00. The number of fused-ring (bicyclic) bond motifs is 1. The molecule has 116 valence electrons. The van der Waals surface area contributed by atoms with Crippen molar-refractivity contribution >= 4 is 5.82 Å². The van der Waals surface area contributed by atoms with Gasteiger partial charge >= 0.3 is 0 Å². The first-order chi connectivity index (χ1) is 11.3. The fraction of sp³-hybridized carbons (Fsp3) is 0.294. The quantitative estimate of drug-likeness (QED) is 0.805. The smallest absolute Gasteiger partial charge is 0.161 e. The van der Waals surface area contributed by atoms with Gasteiger partial charge in [-0.05, 0) is 19.4 Å². The number of anilines is 1. The number of hydrogen-bond acceptors (Lipinski definition) is 5. The molecule has 0 aliphatic carbocycles. The van der Waals surface area contributed by atoms with Gasteiger partial charge in [0.2, 0.25) is 0 Å². The minimum atomic E-state index is 0.308. The molecule has 23 heavy (non-hydrogen) atoms. The zero-order valence-corrected chi connectivity index (χ0v) is 13.0. The highest BCUT2D eigenvalue weighted by Crippen LogP contribution is 2.19. The Labute approximate surface area is 134 Å². The Hall–Kier alpha value is -2.76. The lowest BCUT2D eigenvalue weighted by molar-refractivity contribution is 0.440. The maximum absolute atomic E-state index is 4.63. The molecule has 6 nitrogen and oxygen atoms in total. The van der Waals surface area contributed by atoms with Crippen molar-refractivity contribution in [3.63, 3.8) is 0 Å². The van der Waals surface area contributed by atoms with Gasteiger partial charge in [0.25, 0.3) is 0 Å². The molecule has 6 heteroatoms. The van der Waals surface area contributed by atoms with Crippen LogP contribution in [0.1, 0.15) is 18.1 Å². The van der Waals surface area contributed by atoms with Crippen molar-refractivity contribution in [1.82, 2.24) is 24.7 Å². The predicted molar refractivity (Wildman–Crippen MR) is 88.0 cm³/mol. The van der Waals surface area contributed by atoms with E-state index in [1.807, 2.05) is 48.0 Å². The number of nitrogens with zero attached hydrogens (tertiary/aromatic N) is 5. The lowest BCUT2D eigenvalue weighted by Gasteiger charge is -2.24. The lowest BCUT2D eigenvalue weighted by atomic mass is 10.1. The fourth-order valence-electron chi connectivity index (χ4n) is 2.93. The van der Waals surface area contributed by atoms with Crippen molar-refractivity contribution in [2.75, 3.05) is 5.32 Å². The van der Waals surface area contributed by atoms with E-state index in [0.29, 0.717) is 6.04 Å². The summed E-state index contributed by atoms with van der Waals surface area (Å²) in [5.74, 6) is 3.51. The molecule has 0 saturated carbocycles. The Kier molecular flexibility index (Phi) is 3.49. The second kappa shape index (κ2) is 5.79. The van der Waals surface area contributed by atoms with Crippen LogP contribution >= 0.6 is 0 Å². The third-order valence-corrected chi connectivity index (χ3v) is 4.00. The van der Waals surface area contributed by atoms with Gasteiger partial charge in [0, 0.05) is 24.2 Å². The van der Waals surface area contributed by atoms with Gasteiger partial charge in [0.05, 0.1) is 6.54 Å². The molecule has 0 unspecified atom stereocenters. The molecule has 0 amide bonds. The predicted octanol–water partition coefficient (Wildman–Crippen LogP) is 2.47. The fourth-order valence-corrected chi connectivity index (χ4v) is 2.93. The summed E-state index contributed by atoms with van der Waals surface area (Å²) in [6.45, 7) is 2.76. The topological polar surface area (TPSA) is 68.5 Å². The molecule has 3 aromatic rings. The molecule has 4 rings (SSSR count). The van der Waals surface area contributed by atoms with Crippen molar-refractivity contribution < 1.29 is 0 Å². The summed E-state index contributed by atoms with van der Waals surface area (Å²) in [7, 11) is 0. The van der Waals surface area contributed by atoms with Crippen molar-refractivity contribution in [3.8, 4) is 11.4 Å². The third kappa shape index (κ3) is 2.92. The van der Waals surface area contributed by atoms with E-state index < -0.39 is 0 Å². The van der Waals surface area contributed by atoms with Gasteiger partial charge in [-0.25, -0.2) is 19.6 Å². The number of aryl methyl sites for hydroxylation is 2. The lowest BCUT2D eigenvalue weighted by Crippen LogP contribution is -2.32. The van der Waals surface area contributed by atoms with Crippen molar-refractivity contribution in [3.05, 3.63) is 54.2 Å². The monoisotopic (exact) mass is 306 g/mol. The van der Waals surface area contributed by atoms with E-state index in [-0.39, 0.29) is 0 Å². The summed E-state index contributed by atoms with van der Waals surface area (Å²) in [5.41, 5.74) is 1.02. The number of aromatic nitrogens is 5. The average molecular weight is 306 g/mol. The molecule has 1 N–H and O–H groups in total. The van der Waals surface area contributed by atoms with Gasteiger partial charge in [0.15, 0.2) is 5.82 Å². The molecular formula is C17H18N6. The van der Waals surface area contributed by atoms with E-state index in [0.717, 1.165) is 48.2 Å². The van der Waals surface area contributed by atoms with E-state index in [9.17, 15) is 0 Å². The summed E-state index contributed by atoms with van der Waals surface area (Å²) in [5, 5.41) is 7.94. The molecule has 1 atom stereocenters. The van der Waals surface area contributed by atoms with E-state index in [1.165, 1.54) is 0 Å². The van der Waals surface area contributed by atoms with Gasteiger partial charge in [-0.3, -0.25) is 0 Å². The molecule has 1 aromatic carbocycles. The molecule has 0 bridgehead atoms. The molecule has 3 heterocycles. The van der Waals surface area contributed by atoms with Crippen LogP contribution in [-0.2, 0) is 13.0 Å². The Morgan fingerprint density at radius 1 is 1.13 bits per heavy atom. The normalized spacial score (nSPS) is 16.8. The Balaban J connectivity index is 1.52. The van der Waals surface area contributed by atoms with Crippen LogP contribution in [-0.4, -0.2) is 30.8 Å². The van der Waals surface area contributed by atoms with Crippen LogP contribution in [0.15, 0.2) is 42.6 Å². The first-order valence-corrected chi connectivity index (χ1v) is 7.83. The number of nitrogens with one attached hydrogen (secondary N) is 1. The first-order valence-electron chi connectivity index (χ1n) is 7.83. The molecule has 2 aromatic heterocycles. The van der Waals surface area contributed by atoms with Crippen LogP contribution in [0.3, 0.4) is 0 Å². The van der Waals surface area contributed by atoms with Crippen molar-refractivity contribution in [2.24, 2.45) is 0 Å². The molecule has 0 saturated heterocycles. The standard InChI is InChI=1S/C17H18N6/c1-12-19-16-8-7-14(11-23(16)22-12)20-15-9-10-18-17(21-15)13-5-3-2-4-6-13/h2-6,9-10,14H,7-8,11H2,1H3,(H,18,20,21)/t14-/m1/s1. The van der Waals surface area contributed by atoms with Gasteiger partial charge in [-0.1, -0.05) is 30.3 Å². The number of hydrogen-bond donors (Lipinski definition) is 1. The van der Waals surface area contributed by atoms with Crippen LogP contribution in [0.4, 0.5) is 5.82 Å². The van der Waals surface area contributed by atoms with Gasteiger partial charge in [-0.15, -0.1) is 0 Å². The number of rotatable bonds is 3. The molecule has 1 aliphatic rings. The highest BCUT2D eigenvalue weighted by Gasteiger charge is 2.21. The minimum absolute atomic E-state index is 0.308. The third-order valence-electron chi connectivity index (χ3n) is 4.00. The first kappa shape index (κ1) is 13.9. The molecule has 0 spiro atoms. The highest BCUT2D eigenvalue weighted by molar-refractivity contribution is 5.56. The van der Waals surface area contributed by atoms with E-state index in [1.54, 1.807) is 6.20 Å². The van der Waals surface area contributed by atoms with Gasteiger partial charge in [0.1, 0.15) is 17.5 Å². The number of benzene rings is 1. The summed E-state index contributed by atoms with van der Waals surface area (Å²) in [6.07, 6.45) is 3.77. The Bertz CT molecular complexity index is 811. The summed E-state index contributed by atoms with van der Waals surface area (Å²) in [4.78, 5) is 13.4. The molecular weight excluding hydrogens is 288 g/mol. The van der Waals surface area contributed by atoms with Gasteiger partial charge < -0.3 is 5.32 Å². The summed E-state index contributed by atoms with van der Waals surface area (Å²) in [6, 6.07) is 12.2. The van der Waals surface area contributed by atoms with Crippen LogP contribution in [0.5, 0.6) is 0 Å². The SMILES string of the molecule is Cc1nc2n(n1)C[C@H](Nc1ccnc(-c3ccccc3)n1)CC2. The maximum atomic E-state index is 4.63. The van der Waals surface area contributed by atoms with Gasteiger partial charge in [-0.2, -0.15) is 5.10 Å². The van der Waals surface area contributed by atoms with E-state index >= 15 is 0 Å². The summed E-state index contributed by atoms with van der Waals surface area (Å²) >= 11 is 0. The van der Waals surface area contributed by atoms with Crippen molar-refractivity contribution in [2.45, 2.75) is 32.4 Å². The highest BCUT2D eigenvalue weighted by atomic mass is 15.4. The van der Waals surface area contributed by atoms with E-state index in [4.69, 9.17) is 0 Å². The zero-order chi connectivity index (χ0) is 15.6. The Morgan fingerprint density at radius 3 is 2.87 bits per heavy atom. The zero-order valence-electron chi connectivity index (χ0n) is 13.0. The van der Waals surface area contributed by atoms with Crippen molar-refractivity contribution in [1.29, 1.82) is 0 Å². The van der Waals surface area contributed by atoms with Crippen LogP contribution in [0, 0.1) is 6.92 Å².